The van der Waals surface area contributed by atoms with E-state index in [9.17, 15) is 4.79 Å². The lowest BCUT2D eigenvalue weighted by Gasteiger charge is -2.29. The average Bonchev–Trinajstić information content (AvgIpc) is 2.96. The molecule has 0 saturated heterocycles. The SMILES string of the molecule is COc1cc(OC)cc(C(=O)NC2(C(N)=S)CCCC2)c1. The average molecular weight is 308 g/mol. The smallest absolute Gasteiger partial charge is 0.252 e. The highest BCUT2D eigenvalue weighted by Crippen LogP contribution is 2.31. The van der Waals surface area contributed by atoms with E-state index in [1.165, 1.54) is 0 Å². The van der Waals surface area contributed by atoms with Crippen molar-refractivity contribution in [2.75, 3.05) is 14.2 Å². The molecule has 2 rings (SSSR count). The van der Waals surface area contributed by atoms with Gasteiger partial charge in [-0.25, -0.2) is 0 Å². The minimum atomic E-state index is -0.567. The van der Waals surface area contributed by atoms with Crippen LogP contribution in [0.15, 0.2) is 18.2 Å². The molecule has 1 aromatic carbocycles. The number of nitrogens with two attached hydrogens (primary N) is 1. The molecule has 1 amide bonds. The molecule has 114 valence electrons. The summed E-state index contributed by atoms with van der Waals surface area (Å²) >= 11 is 5.15. The molecule has 0 unspecified atom stereocenters. The van der Waals surface area contributed by atoms with E-state index in [-0.39, 0.29) is 5.91 Å². The number of ether oxygens (including phenoxy) is 2. The fourth-order valence-electron chi connectivity index (χ4n) is 2.64. The van der Waals surface area contributed by atoms with Gasteiger partial charge in [-0.3, -0.25) is 4.79 Å². The van der Waals surface area contributed by atoms with Gasteiger partial charge in [0.25, 0.3) is 5.91 Å². The molecular weight excluding hydrogens is 288 g/mol. The number of hydrogen-bond acceptors (Lipinski definition) is 4. The zero-order valence-corrected chi connectivity index (χ0v) is 13.1. The van der Waals surface area contributed by atoms with E-state index in [1.807, 2.05) is 0 Å². The third-order valence-corrected chi connectivity index (χ3v) is 4.29. The second kappa shape index (κ2) is 6.30. The zero-order chi connectivity index (χ0) is 15.5. The number of hydrogen-bond donors (Lipinski definition) is 2. The normalized spacial score (nSPS) is 16.3. The molecule has 1 aliphatic carbocycles. The molecule has 1 saturated carbocycles. The summed E-state index contributed by atoms with van der Waals surface area (Å²) in [5.41, 5.74) is 5.74. The van der Waals surface area contributed by atoms with Gasteiger partial charge in [0.05, 0.1) is 24.7 Å². The van der Waals surface area contributed by atoms with Crippen molar-refractivity contribution in [2.24, 2.45) is 5.73 Å². The van der Waals surface area contributed by atoms with Crippen LogP contribution in [0, 0.1) is 0 Å². The van der Waals surface area contributed by atoms with E-state index in [4.69, 9.17) is 27.4 Å². The Morgan fingerprint density at radius 3 is 2.14 bits per heavy atom. The van der Waals surface area contributed by atoms with Crippen LogP contribution in [0.5, 0.6) is 11.5 Å². The van der Waals surface area contributed by atoms with E-state index in [1.54, 1.807) is 32.4 Å². The Labute approximate surface area is 129 Å². The summed E-state index contributed by atoms with van der Waals surface area (Å²) in [5.74, 6) is 0.910. The molecule has 21 heavy (non-hydrogen) atoms. The number of carbonyl (C=O) groups excluding carboxylic acids is 1. The number of nitrogens with one attached hydrogen (secondary N) is 1. The number of benzene rings is 1. The highest BCUT2D eigenvalue weighted by atomic mass is 32.1. The quantitative estimate of drug-likeness (QED) is 0.814. The van der Waals surface area contributed by atoms with Crippen LogP contribution in [0.25, 0.3) is 0 Å². The molecule has 0 aliphatic heterocycles. The molecule has 5 nitrogen and oxygen atoms in total. The van der Waals surface area contributed by atoms with Crippen molar-refractivity contribution in [1.82, 2.24) is 5.32 Å². The van der Waals surface area contributed by atoms with Crippen molar-refractivity contribution in [3.8, 4) is 11.5 Å². The van der Waals surface area contributed by atoms with Crippen molar-refractivity contribution in [3.63, 3.8) is 0 Å². The summed E-state index contributed by atoms with van der Waals surface area (Å²) in [4.78, 5) is 12.9. The maximum atomic E-state index is 12.5. The topological polar surface area (TPSA) is 73.6 Å². The fraction of sp³-hybridized carbons (Fsp3) is 0.467. The molecule has 0 bridgehead atoms. The maximum Gasteiger partial charge on any atom is 0.252 e. The van der Waals surface area contributed by atoms with Crippen molar-refractivity contribution < 1.29 is 14.3 Å². The molecule has 0 atom stereocenters. The molecule has 1 aliphatic rings. The molecule has 3 N–H and O–H groups in total. The van der Waals surface area contributed by atoms with Crippen molar-refractivity contribution in [3.05, 3.63) is 23.8 Å². The first kappa shape index (κ1) is 15.6. The van der Waals surface area contributed by atoms with Gasteiger partial charge >= 0.3 is 0 Å². The standard InChI is InChI=1S/C15H20N2O3S/c1-19-11-7-10(8-12(9-11)20-2)13(18)17-15(14(16)21)5-3-4-6-15/h7-9H,3-6H2,1-2H3,(H2,16,21)(H,17,18). The zero-order valence-electron chi connectivity index (χ0n) is 12.3. The molecule has 0 aromatic heterocycles. The van der Waals surface area contributed by atoms with Crippen molar-refractivity contribution in [2.45, 2.75) is 31.2 Å². The molecule has 1 aromatic rings. The van der Waals surface area contributed by atoms with Gasteiger partial charge in [0.1, 0.15) is 11.5 Å². The van der Waals surface area contributed by atoms with Gasteiger partial charge in [-0.1, -0.05) is 25.1 Å². The highest BCUT2D eigenvalue weighted by Gasteiger charge is 2.38. The van der Waals surface area contributed by atoms with Crippen LogP contribution in [-0.2, 0) is 0 Å². The lowest BCUT2D eigenvalue weighted by Crippen LogP contribution is -2.54. The first-order valence-corrected chi connectivity index (χ1v) is 7.27. The number of thiocarbonyl (C=S) groups is 1. The predicted octanol–water partition coefficient (Wildman–Crippen LogP) is 2.03. The fourth-order valence-corrected chi connectivity index (χ4v) is 2.89. The monoisotopic (exact) mass is 308 g/mol. The Hall–Kier alpha value is -1.82. The lowest BCUT2D eigenvalue weighted by molar-refractivity contribution is 0.0923. The van der Waals surface area contributed by atoms with Crippen molar-refractivity contribution >= 4 is 23.1 Å². The van der Waals surface area contributed by atoms with E-state index in [0.717, 1.165) is 25.7 Å². The Kier molecular flexibility index (Phi) is 4.67. The molecule has 1 fully saturated rings. The van der Waals surface area contributed by atoms with Crippen molar-refractivity contribution in [1.29, 1.82) is 0 Å². The van der Waals surface area contributed by atoms with Crippen LogP contribution < -0.4 is 20.5 Å². The molecule has 6 heteroatoms. The summed E-state index contributed by atoms with van der Waals surface area (Å²) in [5, 5.41) is 2.99. The predicted molar refractivity (Wildman–Crippen MR) is 85.0 cm³/mol. The third kappa shape index (κ3) is 3.26. The summed E-state index contributed by atoms with van der Waals surface area (Å²) in [6, 6.07) is 5.05. The van der Waals surface area contributed by atoms with Crippen LogP contribution in [0.3, 0.4) is 0 Å². The number of amides is 1. The third-order valence-electron chi connectivity index (χ3n) is 3.90. The van der Waals surface area contributed by atoms with Crippen LogP contribution >= 0.6 is 12.2 Å². The summed E-state index contributed by atoms with van der Waals surface area (Å²) < 4.78 is 10.4. The van der Waals surface area contributed by atoms with Crippen LogP contribution in [0.2, 0.25) is 0 Å². The first-order valence-electron chi connectivity index (χ1n) is 6.86. The minimum absolute atomic E-state index is 0.220. The maximum absolute atomic E-state index is 12.5. The lowest BCUT2D eigenvalue weighted by atomic mass is 9.97. The van der Waals surface area contributed by atoms with Crippen LogP contribution in [0.4, 0.5) is 0 Å². The second-order valence-corrected chi connectivity index (χ2v) is 5.65. The van der Waals surface area contributed by atoms with Gasteiger partial charge in [-0.2, -0.15) is 0 Å². The van der Waals surface area contributed by atoms with Gasteiger partial charge in [0.15, 0.2) is 0 Å². The van der Waals surface area contributed by atoms with Crippen LogP contribution in [-0.4, -0.2) is 30.7 Å². The number of methoxy groups -OCH3 is 2. The van der Waals surface area contributed by atoms with Gasteiger partial charge in [0, 0.05) is 11.6 Å². The largest absolute Gasteiger partial charge is 0.497 e. The van der Waals surface area contributed by atoms with Gasteiger partial charge in [0.2, 0.25) is 0 Å². The van der Waals surface area contributed by atoms with E-state index in [2.05, 4.69) is 5.32 Å². The van der Waals surface area contributed by atoms with Gasteiger partial charge in [-0.15, -0.1) is 0 Å². The molecule has 0 radical (unpaired) electrons. The highest BCUT2D eigenvalue weighted by molar-refractivity contribution is 7.80. The van der Waals surface area contributed by atoms with Gasteiger partial charge in [-0.05, 0) is 25.0 Å². The number of carbonyl (C=O) groups is 1. The molecule has 0 heterocycles. The second-order valence-electron chi connectivity index (χ2n) is 5.21. The Morgan fingerprint density at radius 1 is 1.19 bits per heavy atom. The van der Waals surface area contributed by atoms with Gasteiger partial charge < -0.3 is 20.5 Å². The Bertz CT molecular complexity index is 532. The summed E-state index contributed by atoms with van der Waals surface area (Å²) in [6.07, 6.45) is 3.60. The Balaban J connectivity index is 2.25. The van der Waals surface area contributed by atoms with E-state index >= 15 is 0 Å². The van der Waals surface area contributed by atoms with E-state index in [0.29, 0.717) is 22.1 Å². The first-order chi connectivity index (χ1) is 10.0. The minimum Gasteiger partial charge on any atom is -0.497 e. The molecule has 0 spiro atoms. The summed E-state index contributed by atoms with van der Waals surface area (Å²) in [6.45, 7) is 0. The summed E-state index contributed by atoms with van der Waals surface area (Å²) in [7, 11) is 3.09. The molecular formula is C15H20N2O3S. The van der Waals surface area contributed by atoms with Crippen LogP contribution in [0.1, 0.15) is 36.0 Å². The van der Waals surface area contributed by atoms with E-state index < -0.39 is 5.54 Å². The number of rotatable bonds is 5. The Morgan fingerprint density at radius 2 is 1.71 bits per heavy atom.